The van der Waals surface area contributed by atoms with Crippen LogP contribution in [-0.2, 0) is 104 Å². The summed E-state index contributed by atoms with van der Waals surface area (Å²) in [6.07, 6.45) is 1.72. The molecule has 0 radical (unpaired) electrons. The molecule has 46 nitrogen and oxygen atoms in total. The Morgan fingerprint density at radius 1 is 0.462 bits per heavy atom. The Balaban J connectivity index is 1.35. The van der Waals surface area contributed by atoms with Crippen LogP contribution in [0.2, 0.25) is 0 Å². The highest BCUT2D eigenvalue weighted by Gasteiger charge is 2.43. The number of aliphatic hydroxyl groups excluding tert-OH is 1. The molecule has 0 spiro atoms. The lowest BCUT2D eigenvalue weighted by Crippen LogP contribution is -2.61. The van der Waals surface area contributed by atoms with Crippen LogP contribution in [0.4, 0.5) is 4.79 Å². The van der Waals surface area contributed by atoms with Gasteiger partial charge in [0.05, 0.1) is 50.8 Å². The number of hydrogen-bond donors (Lipinski definition) is 23. The van der Waals surface area contributed by atoms with E-state index >= 15 is 0 Å². The van der Waals surface area contributed by atoms with E-state index < -0.39 is 231 Å². The fourth-order valence-electron chi connectivity index (χ4n) is 13.6. The third kappa shape index (κ3) is 44.2. The van der Waals surface area contributed by atoms with Crippen molar-refractivity contribution < 1.29 is 111 Å². The maximum atomic E-state index is 14.9. The van der Waals surface area contributed by atoms with E-state index in [-0.39, 0.29) is 74.3 Å². The van der Waals surface area contributed by atoms with Gasteiger partial charge in [0.2, 0.25) is 106 Å². The molecule has 0 bridgehead atoms. The lowest BCUT2D eigenvalue weighted by molar-refractivity contribution is -0.139. The van der Waals surface area contributed by atoms with Crippen molar-refractivity contribution >= 4 is 130 Å². The summed E-state index contributed by atoms with van der Waals surface area (Å²) in [7, 11) is 0. The Labute approximate surface area is 756 Å². The first-order chi connectivity index (χ1) is 61.7. The number of fused-ring (bicyclic) bond motifs is 1. The number of thioether (sulfide) groups is 1. The molecule has 0 aromatic heterocycles. The molecule has 20 amide bonds. The third-order valence-electron chi connectivity index (χ3n) is 20.6. The van der Waals surface area contributed by atoms with Crippen LogP contribution in [0.5, 0.6) is 5.75 Å². The molecule has 13 atom stereocenters. The molecule has 26 N–H and O–H groups in total. The molecular formula is C83H127N23O23S. The minimum absolute atomic E-state index is 0.0161. The lowest BCUT2D eigenvalue weighted by atomic mass is 9.99. The number of azide groups is 1. The van der Waals surface area contributed by atoms with E-state index in [0.29, 0.717) is 80.8 Å². The maximum absolute atomic E-state index is 14.9. The lowest BCUT2D eigenvalue weighted by Gasteiger charge is -2.28. The van der Waals surface area contributed by atoms with Crippen molar-refractivity contribution in [3.8, 4) is 5.75 Å². The number of nitrogens with one attached hydrogen (secondary N) is 17. The van der Waals surface area contributed by atoms with E-state index in [1.807, 2.05) is 11.8 Å². The van der Waals surface area contributed by atoms with E-state index in [0.717, 1.165) is 44.8 Å². The molecule has 4 unspecified atom stereocenters. The Kier molecular flexibility index (Phi) is 49.8. The first-order valence-corrected chi connectivity index (χ1v) is 44.4. The van der Waals surface area contributed by atoms with E-state index in [4.69, 9.17) is 22.7 Å². The van der Waals surface area contributed by atoms with Gasteiger partial charge in [-0.05, 0) is 118 Å². The summed E-state index contributed by atoms with van der Waals surface area (Å²) >= 11 is 1.84. The van der Waals surface area contributed by atoms with Crippen molar-refractivity contribution in [2.45, 2.75) is 260 Å². The van der Waals surface area contributed by atoms with Crippen molar-refractivity contribution in [2.24, 2.45) is 34.2 Å². The number of phenols is 1. The third-order valence-corrected chi connectivity index (χ3v) is 22.1. The second-order valence-corrected chi connectivity index (χ2v) is 33.7. The number of benzene rings is 2. The van der Waals surface area contributed by atoms with Gasteiger partial charge in [0.1, 0.15) is 60.1 Å². The normalized spacial score (nSPS) is 15.9. The molecule has 130 heavy (non-hydrogen) atoms. The smallest absolute Gasteiger partial charge is 0.315 e. The Morgan fingerprint density at radius 2 is 0.923 bits per heavy atom. The molecule has 47 heteroatoms. The van der Waals surface area contributed by atoms with Gasteiger partial charge in [0, 0.05) is 80.5 Å². The zero-order chi connectivity index (χ0) is 96.4. The Hall–Kier alpha value is -12.9. The van der Waals surface area contributed by atoms with Crippen LogP contribution in [0, 0.1) is 11.8 Å². The fraction of sp³-hybridized carbons (Fsp3) is 0.614. The molecule has 718 valence electrons. The molecule has 2 fully saturated rings. The number of nitrogens with two attached hydrogens (primary N) is 3. The minimum atomic E-state index is -2.00. The van der Waals surface area contributed by atoms with Gasteiger partial charge in [-0.1, -0.05) is 101 Å². The number of aromatic hydroxyl groups is 1. The van der Waals surface area contributed by atoms with Gasteiger partial charge in [-0.2, -0.15) is 11.8 Å². The van der Waals surface area contributed by atoms with Crippen molar-refractivity contribution in [1.82, 2.24) is 90.4 Å². The van der Waals surface area contributed by atoms with Crippen molar-refractivity contribution in [3.63, 3.8) is 0 Å². The second kappa shape index (κ2) is 59.2. The predicted molar refractivity (Wildman–Crippen MR) is 470 cm³/mol. The van der Waals surface area contributed by atoms with Crippen LogP contribution in [0.25, 0.3) is 10.4 Å². The van der Waals surface area contributed by atoms with E-state index in [1.165, 1.54) is 24.3 Å². The average Bonchev–Trinajstić information content (AvgIpc) is 1.65. The monoisotopic (exact) mass is 1850 g/mol. The number of carbonyl (C=O) groups is 20. The summed E-state index contributed by atoms with van der Waals surface area (Å²) < 4.78 is 0. The number of carboxylic acid groups (broad SMARTS) is 1. The summed E-state index contributed by atoms with van der Waals surface area (Å²) in [6.45, 7) is 5.66. The number of nitrogens with zero attached hydrogens (tertiary/aromatic N) is 3. The van der Waals surface area contributed by atoms with Crippen molar-refractivity contribution in [3.05, 3.63) is 76.2 Å². The molecule has 2 aromatic rings. The highest BCUT2D eigenvalue weighted by molar-refractivity contribution is 8.00. The summed E-state index contributed by atoms with van der Waals surface area (Å²) in [4.78, 5) is 266. The number of hydrogen-bond acceptors (Lipinski definition) is 24. The maximum Gasteiger partial charge on any atom is 0.315 e. The van der Waals surface area contributed by atoms with Gasteiger partial charge >= 0.3 is 12.0 Å². The quantitative estimate of drug-likeness (QED) is 0.00991. The average molecular weight is 1850 g/mol. The van der Waals surface area contributed by atoms with Crippen LogP contribution >= 0.6 is 11.8 Å². The Morgan fingerprint density at radius 3 is 1.46 bits per heavy atom. The molecule has 2 aliphatic rings. The van der Waals surface area contributed by atoms with Gasteiger partial charge in [-0.15, -0.1) is 0 Å². The number of primary amides is 3. The molecule has 2 heterocycles. The SMILES string of the molecule is CC(C)C[C@H](NC(=O)[C@H](CC(N)=O)NC(=O)[C@H](CCC(=O)O)NC(=O)[C@@H](NC(=O)CNC(=O)CNC(=O)CCCCCNC(=O)CCCCCNC(=O)CCCCC1SCC2NC(=O)NC21)[C@H](C)O)C(=O)N[C@@H](Cc1ccc(O)cc1)C(=O)N[C@@H](Cc1ccccc1)C(=O)N[C@@H](CCC(N)=O)C(=O)NCC(=O)NCC(=O)NC(C(=O)N[C@H](CCCCN=[N+]=[N-])C(N)=O)C(C)C. The number of amides is 20. The summed E-state index contributed by atoms with van der Waals surface area (Å²) in [5.41, 5.74) is 25.8. The van der Waals surface area contributed by atoms with Gasteiger partial charge in [0.15, 0.2) is 0 Å². The number of urea groups is 1. The molecular weight excluding hydrogens is 1720 g/mol. The first-order valence-electron chi connectivity index (χ1n) is 43.3. The topological polar surface area (TPSA) is 733 Å². The second-order valence-electron chi connectivity index (χ2n) is 32.4. The highest BCUT2D eigenvalue weighted by Crippen LogP contribution is 2.33. The first kappa shape index (κ1) is 109. The molecule has 0 saturated carbocycles. The van der Waals surface area contributed by atoms with E-state index in [9.17, 15) is 111 Å². The number of carboxylic acids is 1. The fourth-order valence-corrected chi connectivity index (χ4v) is 15.1. The van der Waals surface area contributed by atoms with Crippen LogP contribution in [-0.4, -0.2) is 263 Å². The number of carbonyl (C=O) groups excluding carboxylic acids is 19. The van der Waals surface area contributed by atoms with Crippen molar-refractivity contribution in [2.75, 3.05) is 51.6 Å². The number of rotatable bonds is 64. The summed E-state index contributed by atoms with van der Waals surface area (Å²) in [5.74, 6) is -18.0. The van der Waals surface area contributed by atoms with Crippen LogP contribution in [0.1, 0.15) is 181 Å². The highest BCUT2D eigenvalue weighted by atomic mass is 32.2. The molecule has 2 saturated heterocycles. The molecule has 2 aromatic carbocycles. The predicted octanol–water partition coefficient (Wildman–Crippen LogP) is -3.86. The van der Waals surface area contributed by atoms with Gasteiger partial charge < -0.3 is 123 Å². The van der Waals surface area contributed by atoms with Crippen LogP contribution in [0.15, 0.2) is 59.7 Å². The largest absolute Gasteiger partial charge is 0.508 e. The molecule has 2 aliphatic heterocycles. The van der Waals surface area contributed by atoms with Crippen LogP contribution in [0.3, 0.4) is 0 Å². The molecule has 4 rings (SSSR count). The van der Waals surface area contributed by atoms with Gasteiger partial charge in [-0.25, -0.2) is 4.79 Å². The number of unbranched alkanes of at least 4 members (excludes halogenated alkanes) is 6. The van der Waals surface area contributed by atoms with Gasteiger partial charge in [0.25, 0.3) is 0 Å². The van der Waals surface area contributed by atoms with E-state index in [1.54, 1.807) is 58.0 Å². The zero-order valence-corrected chi connectivity index (χ0v) is 74.6. The number of aliphatic carboxylic acids is 1. The van der Waals surface area contributed by atoms with Gasteiger partial charge in [-0.3, -0.25) is 91.1 Å². The molecule has 0 aliphatic carbocycles. The summed E-state index contributed by atoms with van der Waals surface area (Å²) in [5, 5.41) is 77.0. The number of aliphatic hydroxyl groups is 1. The number of phenolic OH excluding ortho intramolecular Hbond substituents is 1. The van der Waals surface area contributed by atoms with Crippen LogP contribution < -0.4 is 108 Å². The van der Waals surface area contributed by atoms with E-state index in [2.05, 4.69) is 100 Å². The summed E-state index contributed by atoms with van der Waals surface area (Å²) in [6, 6.07) is -1.21. The zero-order valence-electron chi connectivity index (χ0n) is 73.8. The van der Waals surface area contributed by atoms with Crippen molar-refractivity contribution in [1.29, 1.82) is 0 Å². The minimum Gasteiger partial charge on any atom is -0.508 e. The standard InChI is InChI=1S/C83H127N23O23S/c1-46(2)37-55(77(123)99-57(39-50-26-28-51(108)29-27-50)79(125)100-56(38-49-19-9-6-10-20-49)78(124)96-53(30-32-61(84)109)75(121)93-42-67(115)92-43-68(116)103-71(47(3)4)81(127)95-52(74(86)120)21-15-18-36-94-106-87)98-80(126)58(40-62(85)110)101-76(122)54(31-33-70(118)119)97-82(128)72(48(5)107)104-69(117)44-91-66(114)41-90-65(113)24-12-8-17-34-88-63(111)23-11-7-16-35-89-64(112)25-14-13-22-60-73-59(45-130-60)102-83(129)105-73/h6,9-10,19-20,26-29,46-48,52-60,71-73,107-108H,7-8,11-18,21-25,30-45H2,1-5H3,(H2,84,109)(H2,85,110)(H2,86,120)(H,88,111)(H,89,112)(H,90,113)(H,91,114)(H,92,115)(H,93,121)(H,95,127)(H,96,124)(H,97,128)(H,98,126)(H,99,123)(H,100,125)(H,101,122)(H,103,116)(H,104,117)(H,118,119)(H2,102,105,129)/t48-,52+,53-,54-,55-,56-,57-,58-,59?,60?,71?,72-,73?/m0/s1. The Bertz CT molecular complexity index is 4240.